The van der Waals surface area contributed by atoms with Crippen LogP contribution in [0.25, 0.3) is 11.3 Å². The van der Waals surface area contributed by atoms with Gasteiger partial charge in [-0.05, 0) is 44.4 Å². The molecule has 1 aliphatic rings. The molecule has 0 saturated heterocycles. The minimum absolute atomic E-state index is 0.616. The van der Waals surface area contributed by atoms with Gasteiger partial charge in [0.15, 0.2) is 0 Å². The molecule has 4 nitrogen and oxygen atoms in total. The van der Waals surface area contributed by atoms with Gasteiger partial charge in [-0.2, -0.15) is 0 Å². The Morgan fingerprint density at radius 1 is 1.43 bits per heavy atom. The van der Waals surface area contributed by atoms with E-state index in [0.29, 0.717) is 5.71 Å². The fraction of sp³-hybridized carbons (Fsp3) is 0.375. The van der Waals surface area contributed by atoms with Gasteiger partial charge in [-0.1, -0.05) is 11.2 Å². The lowest BCUT2D eigenvalue weighted by Crippen LogP contribution is -2.24. The van der Waals surface area contributed by atoms with Crippen LogP contribution in [-0.4, -0.2) is 29.5 Å². The van der Waals surface area contributed by atoms with Crippen LogP contribution in [0.5, 0.6) is 0 Å². The Hall–Kier alpha value is -1.88. The van der Waals surface area contributed by atoms with Gasteiger partial charge in [0.1, 0.15) is 0 Å². The Kier molecular flexibility index (Phi) is 3.68. The smallest absolute Gasteiger partial charge is 0.0959 e. The molecule has 0 unspecified atom stereocenters. The van der Waals surface area contributed by atoms with Crippen LogP contribution in [0, 0.1) is 6.92 Å². The number of hydrogen-bond acceptors (Lipinski definition) is 5. The summed E-state index contributed by atoms with van der Waals surface area (Å²) in [6, 6.07) is 6.52. The third kappa shape index (κ3) is 2.53. The quantitative estimate of drug-likeness (QED) is 0.523. The molecular formula is C16H19N3OS. The van der Waals surface area contributed by atoms with Gasteiger partial charge in [-0.3, -0.25) is 0 Å². The third-order valence-electron chi connectivity index (χ3n) is 3.92. The van der Waals surface area contributed by atoms with Gasteiger partial charge in [0.2, 0.25) is 0 Å². The van der Waals surface area contributed by atoms with Gasteiger partial charge in [0.05, 0.1) is 21.3 Å². The Labute approximate surface area is 128 Å². The number of aryl methyl sites for hydroxylation is 2. The predicted octanol–water partition coefficient (Wildman–Crippen LogP) is 3.70. The van der Waals surface area contributed by atoms with Gasteiger partial charge in [-0.25, -0.2) is 4.98 Å². The average Bonchev–Trinajstić information content (AvgIpc) is 2.88. The number of hydrogen-bond donors (Lipinski definition) is 1. The van der Waals surface area contributed by atoms with Crippen molar-refractivity contribution in [1.29, 1.82) is 0 Å². The molecule has 2 aromatic rings. The zero-order valence-electron chi connectivity index (χ0n) is 12.6. The molecule has 0 bridgehead atoms. The van der Waals surface area contributed by atoms with E-state index < -0.39 is 0 Å². The largest absolute Gasteiger partial charge is 0.411 e. The maximum absolute atomic E-state index is 9.06. The first-order valence-electron chi connectivity index (χ1n) is 7.11. The molecule has 0 aliphatic carbocycles. The molecule has 1 aromatic carbocycles. The van der Waals surface area contributed by atoms with Crippen LogP contribution in [0.3, 0.4) is 0 Å². The van der Waals surface area contributed by atoms with Crippen LogP contribution in [0.1, 0.15) is 28.8 Å². The summed E-state index contributed by atoms with van der Waals surface area (Å²) < 4.78 is 0. The lowest BCUT2D eigenvalue weighted by atomic mass is 9.98. The highest BCUT2D eigenvalue weighted by atomic mass is 32.1. The number of thiazole rings is 1. The van der Waals surface area contributed by atoms with Crippen molar-refractivity contribution in [2.24, 2.45) is 5.16 Å². The van der Waals surface area contributed by atoms with Gasteiger partial charge in [0, 0.05) is 24.8 Å². The van der Waals surface area contributed by atoms with E-state index in [4.69, 9.17) is 5.21 Å². The molecule has 0 radical (unpaired) electrons. The van der Waals surface area contributed by atoms with Crippen molar-refractivity contribution in [3.63, 3.8) is 0 Å². The summed E-state index contributed by atoms with van der Waals surface area (Å²) in [5.41, 5.74) is 5.32. The second-order valence-corrected chi connectivity index (χ2v) is 6.67. The summed E-state index contributed by atoms with van der Waals surface area (Å²) >= 11 is 1.57. The van der Waals surface area contributed by atoms with Crippen molar-refractivity contribution in [3.05, 3.63) is 33.6 Å². The van der Waals surface area contributed by atoms with Crippen molar-refractivity contribution < 1.29 is 5.21 Å². The Balaban J connectivity index is 2.10. The number of nitrogens with zero attached hydrogens (tertiary/aromatic N) is 3. The standard InChI is InChI=1S/C16H19N3OS/c1-10(18-20)16-15(17-11(2)21-16)13-6-7-14-12(9-13)5-4-8-19(14)3/h6-7,9,20H,4-5,8H2,1-3H3/b18-10+. The Bertz CT molecular complexity index is 706. The maximum Gasteiger partial charge on any atom is 0.0959 e. The molecule has 3 rings (SSSR count). The van der Waals surface area contributed by atoms with Gasteiger partial charge < -0.3 is 10.1 Å². The highest BCUT2D eigenvalue weighted by Gasteiger charge is 2.18. The maximum atomic E-state index is 9.06. The lowest BCUT2D eigenvalue weighted by Gasteiger charge is -2.27. The molecule has 1 N–H and O–H groups in total. The first-order valence-corrected chi connectivity index (χ1v) is 7.92. The molecule has 2 heterocycles. The minimum atomic E-state index is 0.616. The summed E-state index contributed by atoms with van der Waals surface area (Å²) in [5.74, 6) is 0. The highest BCUT2D eigenvalue weighted by Crippen LogP contribution is 2.34. The molecule has 21 heavy (non-hydrogen) atoms. The molecule has 0 fully saturated rings. The first kappa shape index (κ1) is 14.1. The second kappa shape index (κ2) is 5.48. The van der Waals surface area contributed by atoms with Crippen molar-refractivity contribution >= 4 is 22.7 Å². The van der Waals surface area contributed by atoms with E-state index in [0.717, 1.165) is 34.1 Å². The van der Waals surface area contributed by atoms with Crippen molar-refractivity contribution in [3.8, 4) is 11.3 Å². The van der Waals surface area contributed by atoms with Crippen LogP contribution in [-0.2, 0) is 6.42 Å². The SMILES string of the molecule is C/C(=N\O)c1sc(C)nc1-c1ccc2c(c1)CCCN2C. The summed E-state index contributed by atoms with van der Waals surface area (Å²) in [6.45, 7) is 4.90. The van der Waals surface area contributed by atoms with Crippen LogP contribution in [0.15, 0.2) is 23.4 Å². The number of aromatic nitrogens is 1. The summed E-state index contributed by atoms with van der Waals surface area (Å²) in [6.07, 6.45) is 2.30. The average molecular weight is 301 g/mol. The zero-order valence-corrected chi connectivity index (χ0v) is 13.4. The topological polar surface area (TPSA) is 48.7 Å². The monoisotopic (exact) mass is 301 g/mol. The fourth-order valence-corrected chi connectivity index (χ4v) is 3.73. The van der Waals surface area contributed by atoms with E-state index in [1.807, 2.05) is 13.8 Å². The second-order valence-electron chi connectivity index (χ2n) is 5.46. The predicted molar refractivity (Wildman–Crippen MR) is 87.9 cm³/mol. The molecular weight excluding hydrogens is 282 g/mol. The van der Waals surface area contributed by atoms with E-state index in [9.17, 15) is 0 Å². The van der Waals surface area contributed by atoms with Gasteiger partial charge in [-0.15, -0.1) is 11.3 Å². The number of oxime groups is 1. The van der Waals surface area contributed by atoms with Crippen LogP contribution in [0.2, 0.25) is 0 Å². The number of benzene rings is 1. The van der Waals surface area contributed by atoms with Gasteiger partial charge >= 0.3 is 0 Å². The molecule has 0 saturated carbocycles. The Morgan fingerprint density at radius 3 is 3.00 bits per heavy atom. The lowest BCUT2D eigenvalue weighted by molar-refractivity contribution is 0.319. The first-order chi connectivity index (χ1) is 10.1. The molecule has 0 atom stereocenters. The third-order valence-corrected chi connectivity index (χ3v) is 5.00. The summed E-state index contributed by atoms with van der Waals surface area (Å²) in [7, 11) is 2.14. The van der Waals surface area contributed by atoms with Crippen LogP contribution in [0.4, 0.5) is 5.69 Å². The molecule has 0 amide bonds. The highest BCUT2D eigenvalue weighted by molar-refractivity contribution is 7.14. The Morgan fingerprint density at radius 2 is 2.24 bits per heavy atom. The van der Waals surface area contributed by atoms with Crippen molar-refractivity contribution in [2.75, 3.05) is 18.5 Å². The molecule has 5 heteroatoms. The van der Waals surface area contributed by atoms with Crippen molar-refractivity contribution in [1.82, 2.24) is 4.98 Å². The minimum Gasteiger partial charge on any atom is -0.411 e. The molecule has 1 aliphatic heterocycles. The number of fused-ring (bicyclic) bond motifs is 1. The van der Waals surface area contributed by atoms with E-state index in [2.05, 4.69) is 40.3 Å². The number of anilines is 1. The van der Waals surface area contributed by atoms with Crippen LogP contribution < -0.4 is 4.90 Å². The fourth-order valence-electron chi connectivity index (χ4n) is 2.85. The van der Waals surface area contributed by atoms with Crippen molar-refractivity contribution in [2.45, 2.75) is 26.7 Å². The zero-order chi connectivity index (χ0) is 15.0. The number of rotatable bonds is 2. The van der Waals surface area contributed by atoms with E-state index in [1.54, 1.807) is 11.3 Å². The van der Waals surface area contributed by atoms with E-state index in [1.165, 1.54) is 17.7 Å². The van der Waals surface area contributed by atoms with Gasteiger partial charge in [0.25, 0.3) is 0 Å². The molecule has 1 aromatic heterocycles. The summed E-state index contributed by atoms with van der Waals surface area (Å²) in [4.78, 5) is 7.88. The van der Waals surface area contributed by atoms with Crippen LogP contribution >= 0.6 is 11.3 Å². The molecule has 0 spiro atoms. The molecule has 110 valence electrons. The van der Waals surface area contributed by atoms with E-state index >= 15 is 0 Å². The normalized spacial score (nSPS) is 15.2. The van der Waals surface area contributed by atoms with E-state index in [-0.39, 0.29) is 0 Å². The summed E-state index contributed by atoms with van der Waals surface area (Å²) in [5, 5.41) is 13.4.